The zero-order valence-corrected chi connectivity index (χ0v) is 11.8. The average Bonchev–Trinajstić information content (AvgIpc) is 2.98. The van der Waals surface area contributed by atoms with Crippen LogP contribution in [0.2, 0.25) is 0 Å². The third kappa shape index (κ3) is 3.30. The van der Waals surface area contributed by atoms with Crippen LogP contribution in [0.4, 0.5) is 0 Å². The lowest BCUT2D eigenvalue weighted by atomic mass is 10.1. The lowest BCUT2D eigenvalue weighted by molar-refractivity contribution is 0.0874. The predicted molar refractivity (Wildman–Crippen MR) is 73.4 cm³/mol. The second-order valence-corrected chi connectivity index (χ2v) is 5.01. The smallest absolute Gasteiger partial charge is 0.287 e. The maximum Gasteiger partial charge on any atom is 0.287 e. The van der Waals surface area contributed by atoms with Crippen molar-refractivity contribution in [2.24, 2.45) is 0 Å². The molecule has 2 N–H and O–H groups in total. The van der Waals surface area contributed by atoms with Crippen LogP contribution >= 0.6 is 0 Å². The average molecular weight is 277 g/mol. The normalized spacial score (nSPS) is 14.0. The molecule has 0 fully saturated rings. The molecule has 2 atom stereocenters. The SMILES string of the molecule is Cc1cc(C)c(C(=O)NC(C)CC(O)c2ccco2)o1. The third-order valence-corrected chi connectivity index (χ3v) is 3.07. The summed E-state index contributed by atoms with van der Waals surface area (Å²) in [5.74, 6) is 1.25. The number of aliphatic hydroxyl groups excluding tert-OH is 1. The van der Waals surface area contributed by atoms with Crippen LogP contribution in [0, 0.1) is 13.8 Å². The van der Waals surface area contributed by atoms with Crippen molar-refractivity contribution < 1.29 is 18.7 Å². The second kappa shape index (κ2) is 5.96. The summed E-state index contributed by atoms with van der Waals surface area (Å²) in [7, 11) is 0. The highest BCUT2D eigenvalue weighted by Gasteiger charge is 2.19. The molecule has 108 valence electrons. The molecule has 2 rings (SSSR count). The van der Waals surface area contributed by atoms with Crippen molar-refractivity contribution in [2.45, 2.75) is 39.3 Å². The molecule has 20 heavy (non-hydrogen) atoms. The van der Waals surface area contributed by atoms with E-state index in [2.05, 4.69) is 5.32 Å². The van der Waals surface area contributed by atoms with E-state index >= 15 is 0 Å². The predicted octanol–water partition coefficient (Wildman–Crippen LogP) is 2.73. The molecule has 5 heteroatoms. The summed E-state index contributed by atoms with van der Waals surface area (Å²) in [6.07, 6.45) is 1.15. The summed E-state index contributed by atoms with van der Waals surface area (Å²) in [4.78, 5) is 12.0. The largest absolute Gasteiger partial charge is 0.467 e. The molecule has 0 spiro atoms. The molecule has 0 bridgehead atoms. The minimum atomic E-state index is -0.736. The minimum Gasteiger partial charge on any atom is -0.467 e. The minimum absolute atomic E-state index is 0.201. The third-order valence-electron chi connectivity index (χ3n) is 3.07. The van der Waals surface area contributed by atoms with Crippen LogP contribution in [0.3, 0.4) is 0 Å². The second-order valence-electron chi connectivity index (χ2n) is 5.01. The van der Waals surface area contributed by atoms with Gasteiger partial charge in [0.1, 0.15) is 17.6 Å². The van der Waals surface area contributed by atoms with Gasteiger partial charge in [-0.15, -0.1) is 0 Å². The Balaban J connectivity index is 1.93. The first-order chi connectivity index (χ1) is 9.47. The van der Waals surface area contributed by atoms with Gasteiger partial charge in [-0.1, -0.05) is 0 Å². The fourth-order valence-corrected chi connectivity index (χ4v) is 2.15. The Morgan fingerprint density at radius 3 is 2.75 bits per heavy atom. The van der Waals surface area contributed by atoms with Crippen LogP contribution in [0.25, 0.3) is 0 Å². The number of hydrogen-bond acceptors (Lipinski definition) is 4. The quantitative estimate of drug-likeness (QED) is 0.881. The van der Waals surface area contributed by atoms with Crippen LogP contribution in [0.1, 0.15) is 47.1 Å². The maximum atomic E-state index is 12.0. The molecule has 2 aromatic rings. The number of furan rings is 2. The van der Waals surface area contributed by atoms with E-state index in [1.807, 2.05) is 19.9 Å². The van der Waals surface area contributed by atoms with Gasteiger partial charge < -0.3 is 19.3 Å². The first-order valence-corrected chi connectivity index (χ1v) is 6.56. The van der Waals surface area contributed by atoms with Gasteiger partial charge in [0, 0.05) is 18.0 Å². The number of amides is 1. The lowest BCUT2D eigenvalue weighted by Crippen LogP contribution is -2.33. The zero-order chi connectivity index (χ0) is 14.7. The number of nitrogens with one attached hydrogen (secondary N) is 1. The van der Waals surface area contributed by atoms with Gasteiger partial charge in [-0.3, -0.25) is 4.79 Å². The molecule has 2 unspecified atom stereocenters. The monoisotopic (exact) mass is 277 g/mol. The standard InChI is InChI=1S/C15H19NO4/c1-9-7-11(3)20-14(9)15(18)16-10(2)8-12(17)13-5-4-6-19-13/h4-7,10,12,17H,8H2,1-3H3,(H,16,18). The Bertz CT molecular complexity index is 571. The van der Waals surface area contributed by atoms with E-state index in [4.69, 9.17) is 8.83 Å². The molecule has 0 aliphatic rings. The number of carbonyl (C=O) groups is 1. The van der Waals surface area contributed by atoms with Gasteiger partial charge in [0.2, 0.25) is 0 Å². The molecule has 0 radical (unpaired) electrons. The molecule has 2 aromatic heterocycles. The van der Waals surface area contributed by atoms with E-state index in [1.54, 1.807) is 19.1 Å². The Kier molecular flexibility index (Phi) is 4.29. The number of hydrogen-bond donors (Lipinski definition) is 2. The van der Waals surface area contributed by atoms with Crippen molar-refractivity contribution in [1.29, 1.82) is 0 Å². The number of aryl methyl sites for hydroxylation is 2. The van der Waals surface area contributed by atoms with Crippen molar-refractivity contribution in [3.63, 3.8) is 0 Å². The van der Waals surface area contributed by atoms with Crippen LogP contribution in [0.15, 0.2) is 33.3 Å². The van der Waals surface area contributed by atoms with Gasteiger partial charge in [0.25, 0.3) is 5.91 Å². The first-order valence-electron chi connectivity index (χ1n) is 6.56. The molecule has 2 heterocycles. The fraction of sp³-hybridized carbons (Fsp3) is 0.400. The molecule has 1 amide bonds. The van der Waals surface area contributed by atoms with Crippen molar-refractivity contribution in [2.75, 3.05) is 0 Å². The summed E-state index contributed by atoms with van der Waals surface area (Å²) in [5, 5.41) is 12.8. The molecule has 0 aliphatic carbocycles. The van der Waals surface area contributed by atoms with Gasteiger partial charge in [-0.25, -0.2) is 0 Å². The Morgan fingerprint density at radius 1 is 1.45 bits per heavy atom. The molecular formula is C15H19NO4. The Labute approximate surface area is 117 Å². The van der Waals surface area contributed by atoms with Crippen LogP contribution < -0.4 is 5.32 Å². The highest BCUT2D eigenvalue weighted by Crippen LogP contribution is 2.19. The van der Waals surface area contributed by atoms with E-state index < -0.39 is 6.10 Å². The molecule has 0 aromatic carbocycles. The van der Waals surface area contributed by atoms with E-state index in [0.29, 0.717) is 23.7 Å². The Hall–Kier alpha value is -2.01. The van der Waals surface area contributed by atoms with Crippen molar-refractivity contribution in [1.82, 2.24) is 5.32 Å². The molecule has 0 saturated heterocycles. The summed E-state index contributed by atoms with van der Waals surface area (Å²) in [6.45, 7) is 5.46. The highest BCUT2D eigenvalue weighted by atomic mass is 16.4. The molecule has 5 nitrogen and oxygen atoms in total. The van der Waals surface area contributed by atoms with E-state index in [-0.39, 0.29) is 11.9 Å². The summed E-state index contributed by atoms with van der Waals surface area (Å²) in [6, 6.07) is 5.04. The number of rotatable bonds is 5. The summed E-state index contributed by atoms with van der Waals surface area (Å²) >= 11 is 0. The van der Waals surface area contributed by atoms with Crippen LogP contribution in [0.5, 0.6) is 0 Å². The maximum absolute atomic E-state index is 12.0. The molecular weight excluding hydrogens is 258 g/mol. The topological polar surface area (TPSA) is 75.6 Å². The van der Waals surface area contributed by atoms with E-state index in [0.717, 1.165) is 5.56 Å². The number of carbonyl (C=O) groups excluding carboxylic acids is 1. The highest BCUT2D eigenvalue weighted by molar-refractivity contribution is 5.93. The fourth-order valence-electron chi connectivity index (χ4n) is 2.15. The van der Waals surface area contributed by atoms with E-state index in [9.17, 15) is 9.90 Å². The van der Waals surface area contributed by atoms with Crippen molar-refractivity contribution >= 4 is 5.91 Å². The van der Waals surface area contributed by atoms with Crippen LogP contribution in [-0.4, -0.2) is 17.1 Å². The van der Waals surface area contributed by atoms with Gasteiger partial charge in [0.05, 0.1) is 6.26 Å². The van der Waals surface area contributed by atoms with Gasteiger partial charge in [-0.05, 0) is 39.0 Å². The van der Waals surface area contributed by atoms with Crippen molar-refractivity contribution in [3.8, 4) is 0 Å². The molecule has 0 saturated carbocycles. The lowest BCUT2D eigenvalue weighted by Gasteiger charge is -2.16. The van der Waals surface area contributed by atoms with Gasteiger partial charge >= 0.3 is 0 Å². The van der Waals surface area contributed by atoms with E-state index in [1.165, 1.54) is 6.26 Å². The van der Waals surface area contributed by atoms with Crippen molar-refractivity contribution in [3.05, 3.63) is 47.3 Å². The van der Waals surface area contributed by atoms with Crippen LogP contribution in [-0.2, 0) is 0 Å². The Morgan fingerprint density at radius 2 is 2.20 bits per heavy atom. The van der Waals surface area contributed by atoms with Gasteiger partial charge in [-0.2, -0.15) is 0 Å². The van der Waals surface area contributed by atoms with Gasteiger partial charge in [0.15, 0.2) is 5.76 Å². The molecule has 0 aliphatic heterocycles. The number of aliphatic hydroxyl groups is 1. The summed E-state index contributed by atoms with van der Waals surface area (Å²) < 4.78 is 10.5. The first kappa shape index (κ1) is 14.4. The zero-order valence-electron chi connectivity index (χ0n) is 11.8. The summed E-state index contributed by atoms with van der Waals surface area (Å²) in [5.41, 5.74) is 0.804.